The van der Waals surface area contributed by atoms with Crippen molar-refractivity contribution in [3.05, 3.63) is 123 Å². The Hall–Kier alpha value is -2.18. The number of allylic oxidation sites excluding steroid dienone is 8. The van der Waals surface area contributed by atoms with Crippen LogP contribution in [0, 0.1) is 17.9 Å². The molecule has 0 fully saturated rings. The van der Waals surface area contributed by atoms with Crippen LogP contribution in [0.5, 0.6) is 0 Å². The summed E-state index contributed by atoms with van der Waals surface area (Å²) in [6.45, 7) is 29.3. The molecule has 258 valence electrons. The van der Waals surface area contributed by atoms with Crippen LogP contribution < -0.4 is 24.8 Å². The molecule has 4 aromatic rings. The van der Waals surface area contributed by atoms with Crippen molar-refractivity contribution in [3.8, 4) is 0 Å². The van der Waals surface area contributed by atoms with Crippen LogP contribution in [0.25, 0.3) is 32.7 Å². The van der Waals surface area contributed by atoms with Gasteiger partial charge in [-0.3, -0.25) is 6.08 Å². The van der Waals surface area contributed by atoms with Gasteiger partial charge in [0.05, 0.1) is 0 Å². The van der Waals surface area contributed by atoms with Gasteiger partial charge in [0.2, 0.25) is 0 Å². The van der Waals surface area contributed by atoms with Crippen molar-refractivity contribution in [1.82, 2.24) is 0 Å². The van der Waals surface area contributed by atoms with E-state index in [1.807, 2.05) is 0 Å². The van der Waals surface area contributed by atoms with Gasteiger partial charge in [0.1, 0.15) is 0 Å². The van der Waals surface area contributed by atoms with Gasteiger partial charge in [-0.05, 0) is 36.1 Å². The van der Waals surface area contributed by atoms with Crippen LogP contribution in [0.3, 0.4) is 0 Å². The zero-order valence-corrected chi connectivity index (χ0v) is 35.9. The van der Waals surface area contributed by atoms with Gasteiger partial charge in [0, 0.05) is 10.8 Å². The standard InChI is InChI=1S/C25H25.C11H14.C10H15.2ClH.Zr/c1-14-12-24(3,4)22-8-16-7-17-9-23-19(15(2)13-25(23,5)6)11-21(17)20(16)10-18(14)22;1-9-5-7-10(8-6-9)11(2,3)4;1-7(2)10-6-8(3)5-9(10)4;;;/h7-13H,1-6H3;1,5-8H,2-4H3;6-8H,1-4H3;2*1H;/q-1;;-1;;;+2/p-2. The molecule has 0 saturated carbocycles. The summed E-state index contributed by atoms with van der Waals surface area (Å²) in [6, 6.07) is 20.9. The van der Waals surface area contributed by atoms with E-state index in [0.29, 0.717) is 11.8 Å². The summed E-state index contributed by atoms with van der Waals surface area (Å²) in [6.07, 6.45) is 10.5. The van der Waals surface area contributed by atoms with Crippen molar-refractivity contribution < 1.29 is 49.0 Å². The maximum Gasteiger partial charge on any atom is 0.00178 e. The molecule has 4 aromatic carbocycles. The third-order valence-corrected chi connectivity index (χ3v) is 11.1. The first-order valence-electron chi connectivity index (χ1n) is 17.4. The summed E-state index contributed by atoms with van der Waals surface area (Å²) in [5, 5.41) is 5.57. The van der Waals surface area contributed by atoms with E-state index in [2.05, 4.69) is 173 Å². The number of benzene rings is 3. The molecule has 3 aliphatic rings. The molecule has 0 aromatic heterocycles. The van der Waals surface area contributed by atoms with E-state index in [-0.39, 0.29) is 41.1 Å². The van der Waals surface area contributed by atoms with Crippen molar-refractivity contribution in [1.29, 1.82) is 0 Å². The average Bonchev–Trinajstić information content (AvgIpc) is 3.65. The van der Waals surface area contributed by atoms with E-state index in [0.717, 1.165) is 0 Å². The maximum absolute atomic E-state index is 3.37. The Labute approximate surface area is 324 Å². The van der Waals surface area contributed by atoms with Crippen LogP contribution in [-0.2, 0) is 40.5 Å². The van der Waals surface area contributed by atoms with Crippen LogP contribution in [0.4, 0.5) is 0 Å². The van der Waals surface area contributed by atoms with Crippen molar-refractivity contribution in [2.45, 2.75) is 106 Å². The molecule has 0 N–H and O–H groups in total. The number of hydrogen-bond acceptors (Lipinski definition) is 0. The molecule has 0 saturated heterocycles. The van der Waals surface area contributed by atoms with E-state index in [9.17, 15) is 0 Å². The van der Waals surface area contributed by atoms with Crippen molar-refractivity contribution in [3.63, 3.8) is 0 Å². The first kappa shape index (κ1) is 41.2. The van der Waals surface area contributed by atoms with E-state index < -0.39 is 0 Å². The van der Waals surface area contributed by atoms with E-state index in [4.69, 9.17) is 0 Å². The minimum atomic E-state index is 0. The SMILES string of the molecule is CC(C)(C)c1ccc([CH]=[Zr+2])cc1.CC1=CC(C)(C)c2cc3[cH-]c4cc5c(cc4c3cc21)C(C)=CC5(C)C.CC1=[C-]C(C)C=C1C(C)C.[Cl-].[Cl-]. The van der Waals surface area contributed by atoms with Gasteiger partial charge in [-0.25, -0.2) is 5.57 Å². The topological polar surface area (TPSA) is 0 Å². The fraction of sp³-hybridized carbons (Fsp3) is 0.391. The predicted octanol–water partition coefficient (Wildman–Crippen LogP) is 6.76. The molecule has 0 heterocycles. The zero-order chi connectivity index (χ0) is 34.6. The maximum atomic E-state index is 3.37. The Bertz CT molecular complexity index is 1890. The minimum absolute atomic E-state index is 0. The van der Waals surface area contributed by atoms with Crippen LogP contribution in [0.2, 0.25) is 0 Å². The molecule has 0 spiro atoms. The molecule has 0 nitrogen and oxygen atoms in total. The molecule has 3 aliphatic carbocycles. The largest absolute Gasteiger partial charge is 1.00 e. The van der Waals surface area contributed by atoms with Crippen LogP contribution in [0.1, 0.15) is 123 Å². The van der Waals surface area contributed by atoms with Crippen molar-refractivity contribution in [2.75, 3.05) is 0 Å². The van der Waals surface area contributed by atoms with Gasteiger partial charge in [-0.2, -0.15) is 11.6 Å². The van der Waals surface area contributed by atoms with E-state index in [1.54, 1.807) is 0 Å². The van der Waals surface area contributed by atoms with Crippen LogP contribution in [-0.4, -0.2) is 3.71 Å². The van der Waals surface area contributed by atoms with Gasteiger partial charge in [0.15, 0.2) is 0 Å². The van der Waals surface area contributed by atoms with E-state index >= 15 is 0 Å². The molecule has 3 heteroatoms. The van der Waals surface area contributed by atoms with Crippen molar-refractivity contribution >= 4 is 36.4 Å². The Kier molecular flexibility index (Phi) is 12.8. The Balaban J connectivity index is 0.000000228. The van der Waals surface area contributed by atoms with Crippen LogP contribution >= 0.6 is 0 Å². The second-order valence-corrected chi connectivity index (χ2v) is 17.3. The first-order chi connectivity index (χ1) is 21.8. The van der Waals surface area contributed by atoms with Crippen LogP contribution in [0.15, 0.2) is 84.0 Å². The molecule has 1 atom stereocenters. The quantitative estimate of drug-likeness (QED) is 0.198. The third kappa shape index (κ3) is 8.49. The summed E-state index contributed by atoms with van der Waals surface area (Å²) in [7, 11) is 0. The number of rotatable bonds is 2. The molecule has 0 bridgehead atoms. The number of halogens is 2. The van der Waals surface area contributed by atoms with Gasteiger partial charge in [-0.15, -0.1) is 39.7 Å². The summed E-state index contributed by atoms with van der Waals surface area (Å²) >= 11 is 1.46. The summed E-state index contributed by atoms with van der Waals surface area (Å²) < 4.78 is 2.21. The fourth-order valence-corrected chi connectivity index (χ4v) is 8.26. The Morgan fingerprint density at radius 3 is 1.55 bits per heavy atom. The summed E-state index contributed by atoms with van der Waals surface area (Å²) in [5.74, 6) is 1.20. The Morgan fingerprint density at radius 1 is 0.776 bits per heavy atom. The molecule has 0 radical (unpaired) electrons. The predicted molar refractivity (Wildman–Crippen MR) is 205 cm³/mol. The summed E-state index contributed by atoms with van der Waals surface area (Å²) in [4.78, 5) is 0. The molecule has 1 unspecified atom stereocenters. The number of fused-ring (bicyclic) bond motifs is 5. The van der Waals surface area contributed by atoms with Gasteiger partial charge in [-0.1, -0.05) is 103 Å². The first-order valence-corrected chi connectivity index (χ1v) is 18.8. The zero-order valence-electron chi connectivity index (χ0n) is 31.9. The number of hydrogen-bond donors (Lipinski definition) is 0. The second-order valence-electron chi connectivity index (χ2n) is 16.6. The molecule has 49 heavy (non-hydrogen) atoms. The molecule has 0 aliphatic heterocycles. The normalized spacial score (nSPS) is 18.1. The average molecular weight is 769 g/mol. The monoisotopic (exact) mass is 766 g/mol. The second kappa shape index (κ2) is 15.2. The van der Waals surface area contributed by atoms with Crippen molar-refractivity contribution in [2.24, 2.45) is 11.8 Å². The molecular weight excluding hydrogens is 715 g/mol. The van der Waals surface area contributed by atoms with E-state index in [1.165, 1.54) is 101 Å². The van der Waals surface area contributed by atoms with Gasteiger partial charge < -0.3 is 24.8 Å². The van der Waals surface area contributed by atoms with Gasteiger partial charge in [0.25, 0.3) is 0 Å². The summed E-state index contributed by atoms with van der Waals surface area (Å²) in [5.41, 5.74) is 14.7. The van der Waals surface area contributed by atoms with Gasteiger partial charge >= 0.3 is 89.5 Å². The molecule has 7 rings (SSSR count). The third-order valence-electron chi connectivity index (χ3n) is 10.2. The smallest absolute Gasteiger partial charge is 0.00178 e. The molecule has 0 amide bonds. The fourth-order valence-electron chi connectivity index (χ4n) is 7.78. The Morgan fingerprint density at radius 2 is 1.22 bits per heavy atom. The minimum Gasteiger partial charge on any atom is -1.00 e. The molecular formula is C46H54Cl2Zr-2.